The summed E-state index contributed by atoms with van der Waals surface area (Å²) in [6.45, 7) is 3.37. The molecular formula is C13H14ClFN2O2S2. The Balaban J connectivity index is 2.19. The topological polar surface area (TPSA) is 58.2 Å². The Morgan fingerprint density at radius 3 is 2.71 bits per heavy atom. The summed E-state index contributed by atoms with van der Waals surface area (Å²) in [4.78, 5) is 0.897. The minimum atomic E-state index is -3.80. The van der Waals surface area contributed by atoms with Crippen molar-refractivity contribution in [2.24, 2.45) is 0 Å². The molecule has 21 heavy (non-hydrogen) atoms. The molecule has 2 aromatic rings. The lowest BCUT2D eigenvalue weighted by Gasteiger charge is -2.07. The molecule has 0 unspecified atom stereocenters. The maximum atomic E-state index is 13.7. The van der Waals surface area contributed by atoms with E-state index in [2.05, 4.69) is 10.0 Å². The highest BCUT2D eigenvalue weighted by Gasteiger charge is 2.18. The Bertz CT molecular complexity index is 732. The van der Waals surface area contributed by atoms with E-state index in [-0.39, 0.29) is 14.9 Å². The Labute approximate surface area is 132 Å². The average molecular weight is 349 g/mol. The molecule has 0 bridgehead atoms. The molecule has 0 saturated carbocycles. The number of thiophene rings is 1. The van der Waals surface area contributed by atoms with Gasteiger partial charge >= 0.3 is 0 Å². The van der Waals surface area contributed by atoms with Gasteiger partial charge < -0.3 is 5.32 Å². The van der Waals surface area contributed by atoms with E-state index in [0.717, 1.165) is 28.8 Å². The molecule has 0 aliphatic rings. The second kappa shape index (κ2) is 6.74. The van der Waals surface area contributed by atoms with Crippen molar-refractivity contribution in [3.8, 4) is 0 Å². The Kier molecular flexibility index (Phi) is 5.21. The molecule has 8 heteroatoms. The first-order valence-electron chi connectivity index (χ1n) is 6.19. The number of benzene rings is 1. The fraction of sp³-hybridized carbons (Fsp3) is 0.231. The summed E-state index contributed by atoms with van der Waals surface area (Å²) in [5.41, 5.74) is -0.124. The van der Waals surface area contributed by atoms with Gasteiger partial charge in [0.25, 0.3) is 10.0 Å². The van der Waals surface area contributed by atoms with Gasteiger partial charge in [0.2, 0.25) is 0 Å². The van der Waals surface area contributed by atoms with E-state index in [9.17, 15) is 12.8 Å². The van der Waals surface area contributed by atoms with Gasteiger partial charge in [0, 0.05) is 16.4 Å². The van der Waals surface area contributed by atoms with Gasteiger partial charge in [-0.3, -0.25) is 4.72 Å². The van der Waals surface area contributed by atoms with Gasteiger partial charge in [-0.05, 0) is 36.9 Å². The van der Waals surface area contributed by atoms with Crippen LogP contribution in [0.3, 0.4) is 0 Å². The standard InChI is InChI=1S/C13H14ClFN2O2S2/c1-2-16-8-10-4-6-13(20-10)21(18,19)17-12-5-3-9(14)7-11(12)15/h3-7,16-17H,2,8H2,1H3. The fourth-order valence-electron chi connectivity index (χ4n) is 1.61. The predicted octanol–water partition coefficient (Wildman–Crippen LogP) is 3.45. The summed E-state index contributed by atoms with van der Waals surface area (Å²) in [7, 11) is -3.80. The van der Waals surface area contributed by atoms with E-state index in [1.54, 1.807) is 6.07 Å². The van der Waals surface area contributed by atoms with Crippen molar-refractivity contribution in [2.45, 2.75) is 17.7 Å². The van der Waals surface area contributed by atoms with E-state index in [1.165, 1.54) is 18.2 Å². The molecule has 2 N–H and O–H groups in total. The van der Waals surface area contributed by atoms with Crippen LogP contribution in [0, 0.1) is 5.82 Å². The predicted molar refractivity (Wildman–Crippen MR) is 83.9 cm³/mol. The fourth-order valence-corrected chi connectivity index (χ4v) is 4.16. The highest BCUT2D eigenvalue weighted by atomic mass is 35.5. The highest BCUT2D eigenvalue weighted by Crippen LogP contribution is 2.26. The number of hydrogen-bond donors (Lipinski definition) is 2. The summed E-state index contributed by atoms with van der Waals surface area (Å²) in [6, 6.07) is 7.02. The van der Waals surface area contributed by atoms with Crippen LogP contribution in [0.5, 0.6) is 0 Å². The Morgan fingerprint density at radius 2 is 2.05 bits per heavy atom. The first kappa shape index (κ1) is 16.2. The zero-order valence-corrected chi connectivity index (χ0v) is 13.6. The number of hydrogen-bond acceptors (Lipinski definition) is 4. The lowest BCUT2D eigenvalue weighted by Crippen LogP contribution is -2.12. The lowest BCUT2D eigenvalue weighted by molar-refractivity contribution is 0.600. The van der Waals surface area contributed by atoms with Crippen LogP contribution in [0.25, 0.3) is 0 Å². The van der Waals surface area contributed by atoms with Crippen LogP contribution in [0.15, 0.2) is 34.5 Å². The van der Waals surface area contributed by atoms with E-state index < -0.39 is 15.8 Å². The smallest absolute Gasteiger partial charge is 0.271 e. The maximum Gasteiger partial charge on any atom is 0.271 e. The number of anilines is 1. The summed E-state index contributed by atoms with van der Waals surface area (Å²) in [6.07, 6.45) is 0. The molecule has 1 aromatic carbocycles. The molecule has 0 saturated heterocycles. The van der Waals surface area contributed by atoms with E-state index in [1.807, 2.05) is 6.92 Å². The minimum absolute atomic E-state index is 0.124. The van der Waals surface area contributed by atoms with Crippen LogP contribution < -0.4 is 10.0 Å². The third kappa shape index (κ3) is 4.16. The van der Waals surface area contributed by atoms with Gasteiger partial charge in [0.05, 0.1) is 5.69 Å². The van der Waals surface area contributed by atoms with Crippen LogP contribution in [-0.4, -0.2) is 15.0 Å². The summed E-state index contributed by atoms with van der Waals surface area (Å²) < 4.78 is 40.4. The van der Waals surface area contributed by atoms with Gasteiger partial charge in [-0.2, -0.15) is 0 Å². The molecular weight excluding hydrogens is 335 g/mol. The molecule has 114 valence electrons. The molecule has 0 aliphatic carbocycles. The van der Waals surface area contributed by atoms with Gasteiger partial charge in [-0.1, -0.05) is 18.5 Å². The van der Waals surface area contributed by atoms with Gasteiger partial charge in [0.1, 0.15) is 10.0 Å². The number of nitrogens with one attached hydrogen (secondary N) is 2. The third-order valence-corrected chi connectivity index (χ3v) is 5.80. The first-order valence-corrected chi connectivity index (χ1v) is 8.87. The van der Waals surface area contributed by atoms with Crippen LogP contribution >= 0.6 is 22.9 Å². The highest BCUT2D eigenvalue weighted by molar-refractivity contribution is 7.94. The third-order valence-electron chi connectivity index (χ3n) is 2.63. The van der Waals surface area contributed by atoms with Crippen LogP contribution in [0.2, 0.25) is 5.02 Å². The second-order valence-corrected chi connectivity index (χ2v) is 7.74. The number of halogens is 2. The first-order chi connectivity index (χ1) is 9.92. The van der Waals surface area contributed by atoms with E-state index in [4.69, 9.17) is 11.6 Å². The molecule has 2 rings (SSSR count). The average Bonchev–Trinajstić information content (AvgIpc) is 2.89. The molecule has 0 atom stereocenters. The molecule has 0 amide bonds. The summed E-state index contributed by atoms with van der Waals surface area (Å²) >= 11 is 6.78. The minimum Gasteiger partial charge on any atom is -0.312 e. The molecule has 4 nitrogen and oxygen atoms in total. The molecule has 0 radical (unpaired) electrons. The van der Waals surface area contributed by atoms with Crippen molar-refractivity contribution in [3.63, 3.8) is 0 Å². The maximum absolute atomic E-state index is 13.7. The SMILES string of the molecule is CCNCc1ccc(S(=O)(=O)Nc2ccc(Cl)cc2F)s1. The zero-order chi connectivity index (χ0) is 15.5. The van der Waals surface area contributed by atoms with Crippen LogP contribution in [0.4, 0.5) is 10.1 Å². The van der Waals surface area contributed by atoms with E-state index in [0.29, 0.717) is 6.54 Å². The van der Waals surface area contributed by atoms with Crippen molar-refractivity contribution >= 4 is 38.6 Å². The Morgan fingerprint density at radius 1 is 1.29 bits per heavy atom. The van der Waals surface area contributed by atoms with Crippen molar-refractivity contribution in [3.05, 3.63) is 46.0 Å². The van der Waals surface area contributed by atoms with Gasteiger partial charge in [-0.15, -0.1) is 11.3 Å². The molecule has 1 heterocycles. The Hall–Kier alpha value is -1.15. The largest absolute Gasteiger partial charge is 0.312 e. The number of rotatable bonds is 6. The van der Waals surface area contributed by atoms with Crippen molar-refractivity contribution < 1.29 is 12.8 Å². The van der Waals surface area contributed by atoms with Crippen molar-refractivity contribution in [1.29, 1.82) is 0 Å². The van der Waals surface area contributed by atoms with Gasteiger partial charge in [-0.25, -0.2) is 12.8 Å². The van der Waals surface area contributed by atoms with Crippen LogP contribution in [0.1, 0.15) is 11.8 Å². The monoisotopic (exact) mass is 348 g/mol. The molecule has 1 aromatic heterocycles. The summed E-state index contributed by atoms with van der Waals surface area (Å²) in [5, 5.41) is 3.32. The normalized spacial score (nSPS) is 11.6. The van der Waals surface area contributed by atoms with Crippen molar-refractivity contribution in [1.82, 2.24) is 5.32 Å². The lowest BCUT2D eigenvalue weighted by atomic mass is 10.3. The quantitative estimate of drug-likeness (QED) is 0.840. The molecule has 0 aliphatic heterocycles. The van der Waals surface area contributed by atoms with E-state index >= 15 is 0 Å². The molecule has 0 spiro atoms. The molecule has 0 fully saturated rings. The number of sulfonamides is 1. The summed E-state index contributed by atoms with van der Waals surface area (Å²) in [5.74, 6) is -0.712. The second-order valence-electron chi connectivity index (χ2n) is 4.23. The van der Waals surface area contributed by atoms with Gasteiger partial charge in [0.15, 0.2) is 0 Å². The van der Waals surface area contributed by atoms with Crippen LogP contribution in [-0.2, 0) is 16.6 Å². The van der Waals surface area contributed by atoms with Crippen molar-refractivity contribution in [2.75, 3.05) is 11.3 Å². The zero-order valence-electron chi connectivity index (χ0n) is 11.2.